The number of rotatable bonds is 5. The van der Waals surface area contributed by atoms with E-state index in [1.807, 2.05) is 11.3 Å². The minimum Gasteiger partial charge on any atom is -0.310 e. The standard InChI is InChI=1S/C44H29NS/c1-3-9-30(10-4-1)32-17-21-36(22-18-32)45(37-23-19-33(20-24-37)31-11-5-2-6-12-31)38-25-26-39-34(27-38)15-16-35-28-42-40-13-7-8-14-43(40)46-44(42)29-41(35)39/h1-29H. The molecule has 0 aliphatic rings. The molecule has 1 heterocycles. The lowest BCUT2D eigenvalue weighted by Crippen LogP contribution is -2.09. The molecule has 0 unspecified atom stereocenters. The van der Waals surface area contributed by atoms with Crippen molar-refractivity contribution < 1.29 is 0 Å². The maximum Gasteiger partial charge on any atom is 0.0468 e. The van der Waals surface area contributed by atoms with E-state index in [9.17, 15) is 0 Å². The van der Waals surface area contributed by atoms with Gasteiger partial charge in [0.1, 0.15) is 0 Å². The van der Waals surface area contributed by atoms with Crippen molar-refractivity contribution in [3.8, 4) is 22.3 Å². The molecule has 0 saturated heterocycles. The lowest BCUT2D eigenvalue weighted by molar-refractivity contribution is 1.29. The zero-order valence-electron chi connectivity index (χ0n) is 25.1. The van der Waals surface area contributed by atoms with Gasteiger partial charge in [-0.1, -0.05) is 121 Å². The van der Waals surface area contributed by atoms with Gasteiger partial charge in [-0.3, -0.25) is 0 Å². The lowest BCUT2D eigenvalue weighted by Gasteiger charge is -2.26. The van der Waals surface area contributed by atoms with Crippen molar-refractivity contribution >= 4 is 70.1 Å². The largest absolute Gasteiger partial charge is 0.310 e. The van der Waals surface area contributed by atoms with Crippen molar-refractivity contribution in [1.29, 1.82) is 0 Å². The molecule has 0 radical (unpaired) electrons. The van der Waals surface area contributed by atoms with Gasteiger partial charge in [0.25, 0.3) is 0 Å². The number of fused-ring (bicyclic) bond motifs is 6. The number of hydrogen-bond donors (Lipinski definition) is 0. The van der Waals surface area contributed by atoms with E-state index >= 15 is 0 Å². The Morgan fingerprint density at radius 2 is 0.826 bits per heavy atom. The highest BCUT2D eigenvalue weighted by Gasteiger charge is 2.15. The summed E-state index contributed by atoms with van der Waals surface area (Å²) in [5.41, 5.74) is 8.24. The summed E-state index contributed by atoms with van der Waals surface area (Å²) in [4.78, 5) is 2.36. The second-order valence-corrected chi connectivity index (χ2v) is 12.9. The van der Waals surface area contributed by atoms with Crippen LogP contribution in [0.25, 0.3) is 64.0 Å². The molecule has 216 valence electrons. The summed E-state index contributed by atoms with van der Waals surface area (Å²) >= 11 is 1.88. The van der Waals surface area contributed by atoms with Gasteiger partial charge in [0.2, 0.25) is 0 Å². The average Bonchev–Trinajstić information content (AvgIpc) is 3.49. The Morgan fingerprint density at radius 1 is 0.304 bits per heavy atom. The molecule has 0 amide bonds. The monoisotopic (exact) mass is 603 g/mol. The van der Waals surface area contributed by atoms with Crippen molar-refractivity contribution in [2.45, 2.75) is 0 Å². The third kappa shape index (κ3) is 4.63. The van der Waals surface area contributed by atoms with Crippen LogP contribution in [-0.2, 0) is 0 Å². The van der Waals surface area contributed by atoms with Gasteiger partial charge in [0.15, 0.2) is 0 Å². The molecule has 0 aliphatic carbocycles. The van der Waals surface area contributed by atoms with Crippen LogP contribution in [-0.4, -0.2) is 0 Å². The van der Waals surface area contributed by atoms with Crippen LogP contribution in [0.1, 0.15) is 0 Å². The van der Waals surface area contributed by atoms with Crippen molar-refractivity contribution in [3.05, 3.63) is 176 Å². The number of nitrogens with zero attached hydrogens (tertiary/aromatic N) is 1. The van der Waals surface area contributed by atoms with Crippen LogP contribution in [0.4, 0.5) is 17.1 Å². The molecule has 0 spiro atoms. The minimum atomic E-state index is 1.12. The van der Waals surface area contributed by atoms with E-state index in [1.165, 1.54) is 64.0 Å². The molecule has 46 heavy (non-hydrogen) atoms. The molecule has 0 N–H and O–H groups in total. The normalized spacial score (nSPS) is 11.5. The van der Waals surface area contributed by atoms with E-state index in [4.69, 9.17) is 0 Å². The summed E-state index contributed by atoms with van der Waals surface area (Å²) in [6.45, 7) is 0. The highest BCUT2D eigenvalue weighted by Crippen LogP contribution is 2.41. The third-order valence-electron chi connectivity index (χ3n) is 9.04. The van der Waals surface area contributed by atoms with Crippen LogP contribution in [0.3, 0.4) is 0 Å². The van der Waals surface area contributed by atoms with Gasteiger partial charge in [-0.05, 0) is 98.4 Å². The van der Waals surface area contributed by atoms with Crippen molar-refractivity contribution in [1.82, 2.24) is 0 Å². The van der Waals surface area contributed by atoms with E-state index in [2.05, 4.69) is 181 Å². The van der Waals surface area contributed by atoms with Crippen LogP contribution < -0.4 is 4.90 Å². The molecular weight excluding hydrogens is 575 g/mol. The summed E-state index contributed by atoms with van der Waals surface area (Å²) in [7, 11) is 0. The molecule has 0 fully saturated rings. The van der Waals surface area contributed by atoms with E-state index in [0.717, 1.165) is 17.1 Å². The molecule has 0 atom stereocenters. The minimum absolute atomic E-state index is 1.12. The quantitative estimate of drug-likeness (QED) is 0.177. The SMILES string of the molecule is c1ccc(-c2ccc(N(c3ccc(-c4ccccc4)cc3)c3ccc4c(ccc5cc6c(cc54)sc4ccccc46)c3)cc2)cc1. The maximum atomic E-state index is 2.39. The van der Waals surface area contributed by atoms with Crippen molar-refractivity contribution in [2.24, 2.45) is 0 Å². The molecule has 8 aromatic carbocycles. The number of anilines is 3. The zero-order valence-corrected chi connectivity index (χ0v) is 25.9. The van der Waals surface area contributed by atoms with E-state index in [1.54, 1.807) is 0 Å². The van der Waals surface area contributed by atoms with Crippen molar-refractivity contribution in [2.75, 3.05) is 4.90 Å². The van der Waals surface area contributed by atoms with Gasteiger partial charge in [-0.15, -0.1) is 11.3 Å². The Kier molecular flexibility index (Phi) is 6.40. The highest BCUT2D eigenvalue weighted by molar-refractivity contribution is 7.25. The summed E-state index contributed by atoms with van der Waals surface area (Å²) in [6, 6.07) is 63.9. The second-order valence-electron chi connectivity index (χ2n) is 11.8. The van der Waals surface area contributed by atoms with E-state index in [0.29, 0.717) is 0 Å². The average molecular weight is 604 g/mol. The first-order valence-electron chi connectivity index (χ1n) is 15.7. The first kappa shape index (κ1) is 26.7. The van der Waals surface area contributed by atoms with Crippen LogP contribution in [0.2, 0.25) is 0 Å². The summed E-state index contributed by atoms with van der Waals surface area (Å²) in [6.07, 6.45) is 0. The number of hydrogen-bond acceptors (Lipinski definition) is 2. The van der Waals surface area contributed by atoms with Gasteiger partial charge >= 0.3 is 0 Å². The smallest absolute Gasteiger partial charge is 0.0468 e. The van der Waals surface area contributed by atoms with Gasteiger partial charge in [0, 0.05) is 37.2 Å². The molecule has 0 saturated carbocycles. The Balaban J connectivity index is 1.17. The molecule has 0 bridgehead atoms. The topological polar surface area (TPSA) is 3.24 Å². The molecule has 2 heteroatoms. The van der Waals surface area contributed by atoms with Crippen LogP contribution in [0.5, 0.6) is 0 Å². The van der Waals surface area contributed by atoms with E-state index < -0.39 is 0 Å². The number of thiophene rings is 1. The van der Waals surface area contributed by atoms with Crippen molar-refractivity contribution in [3.63, 3.8) is 0 Å². The Labute approximate surface area is 272 Å². The predicted molar refractivity (Wildman–Crippen MR) is 200 cm³/mol. The molecule has 1 aromatic heterocycles. The van der Waals surface area contributed by atoms with Gasteiger partial charge < -0.3 is 4.90 Å². The predicted octanol–water partition coefficient (Wildman–Crippen LogP) is 13.2. The molecule has 1 nitrogen and oxygen atoms in total. The van der Waals surface area contributed by atoms with Crippen LogP contribution in [0, 0.1) is 0 Å². The summed E-state index contributed by atoms with van der Waals surface area (Å²) in [5, 5.41) is 7.77. The third-order valence-corrected chi connectivity index (χ3v) is 10.2. The Hall–Kier alpha value is -5.70. The zero-order chi connectivity index (χ0) is 30.5. The van der Waals surface area contributed by atoms with E-state index in [-0.39, 0.29) is 0 Å². The first-order chi connectivity index (χ1) is 22.8. The maximum absolute atomic E-state index is 2.39. The Bertz CT molecular complexity index is 2410. The fourth-order valence-corrected chi connectivity index (χ4v) is 7.85. The molecule has 9 aromatic rings. The molecule has 0 aliphatic heterocycles. The summed E-state index contributed by atoms with van der Waals surface area (Å²) < 4.78 is 2.68. The highest BCUT2D eigenvalue weighted by atomic mass is 32.1. The van der Waals surface area contributed by atoms with Gasteiger partial charge in [-0.2, -0.15) is 0 Å². The fourth-order valence-electron chi connectivity index (χ4n) is 6.73. The summed E-state index contributed by atoms with van der Waals surface area (Å²) in [5.74, 6) is 0. The van der Waals surface area contributed by atoms with Gasteiger partial charge in [0.05, 0.1) is 0 Å². The van der Waals surface area contributed by atoms with Crippen LogP contribution >= 0.6 is 11.3 Å². The van der Waals surface area contributed by atoms with Crippen LogP contribution in [0.15, 0.2) is 176 Å². The first-order valence-corrected chi connectivity index (χ1v) is 16.5. The number of benzene rings is 8. The lowest BCUT2D eigenvalue weighted by atomic mass is 9.99. The fraction of sp³-hybridized carbons (Fsp3) is 0. The van der Waals surface area contributed by atoms with Gasteiger partial charge in [-0.25, -0.2) is 0 Å². The molecular formula is C44H29NS. The molecule has 9 rings (SSSR count). The Morgan fingerprint density at radius 3 is 1.46 bits per heavy atom. The second kappa shape index (κ2) is 11.0.